The molecule has 3 aromatic carbocycles. The van der Waals surface area contributed by atoms with E-state index >= 15 is 0 Å². The summed E-state index contributed by atoms with van der Waals surface area (Å²) < 4.78 is 0. The molecule has 1 heterocycles. The van der Waals surface area contributed by atoms with E-state index in [0.717, 1.165) is 22.3 Å². The molecule has 30 heavy (non-hydrogen) atoms. The van der Waals surface area contributed by atoms with Crippen LogP contribution in [0.4, 0.5) is 5.69 Å². The zero-order valence-electron chi connectivity index (χ0n) is 16.1. The minimum absolute atomic E-state index is 0.126. The molecular formula is C25H17Cl2NO2. The lowest BCUT2D eigenvalue weighted by Gasteiger charge is -2.46. The Morgan fingerprint density at radius 3 is 1.97 bits per heavy atom. The Bertz CT molecular complexity index is 1270. The van der Waals surface area contributed by atoms with Crippen LogP contribution in [0.25, 0.3) is 0 Å². The van der Waals surface area contributed by atoms with Crippen LogP contribution in [0.3, 0.4) is 0 Å². The number of imide groups is 1. The first-order valence-electron chi connectivity index (χ1n) is 9.99. The third-order valence-electron chi connectivity index (χ3n) is 6.85. The molecule has 0 spiro atoms. The number of hydrogen-bond acceptors (Lipinski definition) is 2. The Morgan fingerprint density at radius 2 is 1.33 bits per heavy atom. The molecule has 0 N–H and O–H groups in total. The van der Waals surface area contributed by atoms with E-state index in [1.807, 2.05) is 12.1 Å². The number of amides is 2. The van der Waals surface area contributed by atoms with Crippen LogP contribution >= 0.6 is 23.2 Å². The molecule has 7 rings (SSSR count). The molecule has 2 amide bonds. The highest BCUT2D eigenvalue weighted by Gasteiger charge is 2.62. The molecule has 1 aliphatic heterocycles. The standard InChI is InChI=1S/C25H17Cl2NO2/c1-12-6-8-16-17(10-12)21-15-5-3-2-4-14(15)20(16)22-23(21)25(30)28(24(22)29)19-9-7-13(26)11-18(19)27/h2-11,20-23H,1H3/t20-,21-,22-,23+/m0/s1. The molecule has 0 saturated carbocycles. The van der Waals surface area contributed by atoms with Crippen molar-refractivity contribution in [2.45, 2.75) is 18.8 Å². The highest BCUT2D eigenvalue weighted by Crippen LogP contribution is 2.61. The molecule has 0 unspecified atom stereocenters. The number of halogens is 2. The van der Waals surface area contributed by atoms with E-state index in [-0.39, 0.29) is 23.7 Å². The Morgan fingerprint density at radius 1 is 0.733 bits per heavy atom. The number of carbonyl (C=O) groups is 2. The van der Waals surface area contributed by atoms with E-state index in [4.69, 9.17) is 23.2 Å². The fourth-order valence-corrected chi connectivity index (χ4v) is 6.24. The Kier molecular flexibility index (Phi) is 3.75. The molecule has 3 aromatic rings. The lowest BCUT2D eigenvalue weighted by atomic mass is 9.55. The summed E-state index contributed by atoms with van der Waals surface area (Å²) in [5.74, 6) is -1.44. The molecule has 0 aromatic heterocycles. The normalized spacial score (nSPS) is 25.9. The number of aryl methyl sites for hydroxylation is 1. The molecule has 1 fully saturated rings. The minimum atomic E-state index is -0.418. The molecular weight excluding hydrogens is 417 g/mol. The van der Waals surface area contributed by atoms with Crippen molar-refractivity contribution in [1.29, 1.82) is 0 Å². The summed E-state index contributed by atoms with van der Waals surface area (Å²) in [5, 5.41) is 0.775. The molecule has 148 valence electrons. The number of rotatable bonds is 1. The summed E-state index contributed by atoms with van der Waals surface area (Å²) in [6.07, 6.45) is 0. The molecule has 2 bridgehead atoms. The van der Waals surface area contributed by atoms with E-state index in [9.17, 15) is 9.59 Å². The van der Waals surface area contributed by atoms with Gasteiger partial charge in [-0.25, -0.2) is 4.90 Å². The zero-order chi connectivity index (χ0) is 20.7. The van der Waals surface area contributed by atoms with E-state index < -0.39 is 11.8 Å². The fourth-order valence-electron chi connectivity index (χ4n) is 5.75. The summed E-state index contributed by atoms with van der Waals surface area (Å²) in [7, 11) is 0. The van der Waals surface area contributed by atoms with E-state index in [0.29, 0.717) is 15.7 Å². The van der Waals surface area contributed by atoms with Gasteiger partial charge in [-0.3, -0.25) is 9.59 Å². The largest absolute Gasteiger partial charge is 0.274 e. The van der Waals surface area contributed by atoms with Gasteiger partial charge in [-0.1, -0.05) is 71.2 Å². The van der Waals surface area contributed by atoms with Crippen molar-refractivity contribution in [3.63, 3.8) is 0 Å². The lowest BCUT2D eigenvalue weighted by Crippen LogP contribution is -2.41. The number of anilines is 1. The topological polar surface area (TPSA) is 37.4 Å². The highest BCUT2D eigenvalue weighted by molar-refractivity contribution is 6.38. The molecule has 0 radical (unpaired) electrons. The zero-order valence-corrected chi connectivity index (χ0v) is 17.6. The van der Waals surface area contributed by atoms with Crippen LogP contribution in [0, 0.1) is 18.8 Å². The van der Waals surface area contributed by atoms with Crippen molar-refractivity contribution in [1.82, 2.24) is 0 Å². The second-order valence-corrected chi connectivity index (χ2v) is 9.22. The van der Waals surface area contributed by atoms with Crippen molar-refractivity contribution >= 4 is 40.7 Å². The predicted octanol–water partition coefficient (Wildman–Crippen LogP) is 5.70. The Balaban J connectivity index is 1.58. The third-order valence-corrected chi connectivity index (χ3v) is 7.38. The number of benzene rings is 3. The van der Waals surface area contributed by atoms with Gasteiger partial charge in [0.15, 0.2) is 0 Å². The summed E-state index contributed by atoms with van der Waals surface area (Å²) in [6.45, 7) is 2.06. The minimum Gasteiger partial charge on any atom is -0.274 e. The van der Waals surface area contributed by atoms with Crippen molar-refractivity contribution in [2.24, 2.45) is 11.8 Å². The van der Waals surface area contributed by atoms with E-state index in [1.54, 1.807) is 18.2 Å². The second-order valence-electron chi connectivity index (χ2n) is 8.38. The predicted molar refractivity (Wildman–Crippen MR) is 117 cm³/mol. The van der Waals surface area contributed by atoms with Crippen molar-refractivity contribution in [3.8, 4) is 0 Å². The number of hydrogen-bond donors (Lipinski definition) is 0. The third kappa shape index (κ3) is 2.22. The van der Waals surface area contributed by atoms with Crippen molar-refractivity contribution in [2.75, 3.05) is 4.90 Å². The van der Waals surface area contributed by atoms with Gasteiger partial charge in [0.05, 0.1) is 22.5 Å². The molecule has 4 aliphatic rings. The van der Waals surface area contributed by atoms with Gasteiger partial charge in [-0.2, -0.15) is 0 Å². The number of carbonyl (C=O) groups excluding carboxylic acids is 2. The monoisotopic (exact) mass is 433 g/mol. The molecule has 5 heteroatoms. The summed E-state index contributed by atoms with van der Waals surface area (Å²) in [6, 6.07) is 19.5. The highest BCUT2D eigenvalue weighted by atomic mass is 35.5. The molecule has 3 nitrogen and oxygen atoms in total. The van der Waals surface area contributed by atoms with Crippen LogP contribution in [0.5, 0.6) is 0 Å². The average molecular weight is 434 g/mol. The molecule has 4 atom stereocenters. The van der Waals surface area contributed by atoms with Gasteiger partial charge >= 0.3 is 0 Å². The smallest absolute Gasteiger partial charge is 0.238 e. The average Bonchev–Trinajstić information content (AvgIpc) is 2.99. The SMILES string of the molecule is Cc1ccc2c(c1)[C@@H]1c3ccccc3[C@@H]2[C@@H]2C(=O)N(c3ccc(Cl)cc3Cl)C(=O)[C@H]12. The fraction of sp³-hybridized carbons (Fsp3) is 0.200. The van der Waals surface area contributed by atoms with Crippen LogP contribution in [0.2, 0.25) is 10.0 Å². The molecule has 1 saturated heterocycles. The maximum atomic E-state index is 13.7. The van der Waals surface area contributed by atoms with Gasteiger partial charge in [-0.15, -0.1) is 0 Å². The first-order chi connectivity index (χ1) is 14.5. The first kappa shape index (κ1) is 18.2. The van der Waals surface area contributed by atoms with Gasteiger partial charge in [0.1, 0.15) is 0 Å². The van der Waals surface area contributed by atoms with Gasteiger partial charge < -0.3 is 0 Å². The summed E-state index contributed by atoms with van der Waals surface area (Å²) >= 11 is 12.4. The van der Waals surface area contributed by atoms with E-state index in [1.165, 1.54) is 10.5 Å². The van der Waals surface area contributed by atoms with Gasteiger partial charge in [0.2, 0.25) is 11.8 Å². The maximum absolute atomic E-state index is 13.7. The van der Waals surface area contributed by atoms with Gasteiger partial charge in [0, 0.05) is 16.9 Å². The summed E-state index contributed by atoms with van der Waals surface area (Å²) in [4.78, 5) is 28.7. The van der Waals surface area contributed by atoms with E-state index in [2.05, 4.69) is 37.3 Å². The molecule has 3 aliphatic carbocycles. The van der Waals surface area contributed by atoms with Crippen LogP contribution in [0.1, 0.15) is 39.7 Å². The Labute approximate surface area is 184 Å². The first-order valence-corrected chi connectivity index (χ1v) is 10.7. The summed E-state index contributed by atoms with van der Waals surface area (Å²) in [5.41, 5.74) is 6.22. The van der Waals surface area contributed by atoms with Crippen LogP contribution in [-0.4, -0.2) is 11.8 Å². The van der Waals surface area contributed by atoms with Crippen LogP contribution in [-0.2, 0) is 9.59 Å². The number of nitrogens with zero attached hydrogens (tertiary/aromatic N) is 1. The second kappa shape index (κ2) is 6.19. The van der Waals surface area contributed by atoms with Crippen molar-refractivity contribution in [3.05, 3.63) is 98.5 Å². The lowest BCUT2D eigenvalue weighted by molar-refractivity contribution is -0.122. The quantitative estimate of drug-likeness (QED) is 0.461. The van der Waals surface area contributed by atoms with Gasteiger partial charge in [-0.05, 0) is 47.4 Å². The maximum Gasteiger partial charge on any atom is 0.238 e. The van der Waals surface area contributed by atoms with Crippen LogP contribution in [0.15, 0.2) is 60.7 Å². The van der Waals surface area contributed by atoms with Gasteiger partial charge in [0.25, 0.3) is 0 Å². The van der Waals surface area contributed by atoms with Crippen molar-refractivity contribution < 1.29 is 9.59 Å². The Hall–Kier alpha value is -2.62. The van der Waals surface area contributed by atoms with Crippen LogP contribution < -0.4 is 4.90 Å².